The van der Waals surface area contributed by atoms with Gasteiger partial charge in [-0.05, 0) is 219 Å². The first-order valence-electron chi connectivity index (χ1n) is 26.5. The maximum absolute atomic E-state index is 2.56. The second-order valence-electron chi connectivity index (χ2n) is 24.7. The molecule has 12 atom stereocenters. The third kappa shape index (κ3) is 10.5. The van der Waals surface area contributed by atoms with Gasteiger partial charge in [0.05, 0.1) is 0 Å². The van der Waals surface area contributed by atoms with Crippen LogP contribution in [0.2, 0.25) is 0 Å². The highest BCUT2D eigenvalue weighted by atomic mass is 14.7. The Morgan fingerprint density at radius 1 is 0.446 bits per heavy atom. The van der Waals surface area contributed by atoms with E-state index < -0.39 is 0 Å². The molecule has 0 nitrogen and oxygen atoms in total. The van der Waals surface area contributed by atoms with Gasteiger partial charge in [-0.1, -0.05) is 137 Å². The maximum Gasteiger partial charge on any atom is -0.0287 e. The molecule has 9 saturated carbocycles. The molecule has 0 heteroatoms. The van der Waals surface area contributed by atoms with Crippen LogP contribution in [0.5, 0.6) is 0 Å². The summed E-state index contributed by atoms with van der Waals surface area (Å²) in [4.78, 5) is 0. The predicted molar refractivity (Wildman–Crippen MR) is 251 cm³/mol. The first-order valence-corrected chi connectivity index (χ1v) is 26.5. The normalized spacial score (nSPS) is 47.0. The zero-order chi connectivity index (χ0) is 41.9. The topological polar surface area (TPSA) is 0 Å². The third-order valence-electron chi connectivity index (χ3n) is 18.3. The molecule has 0 aromatic heterocycles. The van der Waals surface area contributed by atoms with Crippen LogP contribution in [-0.4, -0.2) is 0 Å². The Kier molecular flexibility index (Phi) is 18.0. The third-order valence-corrected chi connectivity index (χ3v) is 18.3. The highest BCUT2D eigenvalue weighted by Gasteiger charge is 2.63. The Bertz CT molecular complexity index is 1090. The average Bonchev–Trinajstić information content (AvgIpc) is 3.86. The summed E-state index contributed by atoms with van der Waals surface area (Å²) in [6.07, 6.45) is 25.4. The second kappa shape index (κ2) is 20.7. The van der Waals surface area contributed by atoms with Crippen molar-refractivity contribution >= 4 is 0 Å². The SMILES string of the molecule is CC.CC.CC(C)C.CC(C)C.CC1CC2(C1)CC(C1CC3(CC(C(C)C)C3)C1)C2.CCC1CC2C(C3CC4CC(C)C(CC)C4C3)CC3CC(C(C)C)C1C32. The molecule has 0 aromatic carbocycles. The fourth-order valence-corrected chi connectivity index (χ4v) is 16.7. The van der Waals surface area contributed by atoms with E-state index in [1.54, 1.807) is 89.9 Å². The monoisotopic (exact) mass is 779 g/mol. The van der Waals surface area contributed by atoms with Crippen LogP contribution in [-0.2, 0) is 0 Å². The van der Waals surface area contributed by atoms with E-state index in [0.29, 0.717) is 0 Å². The van der Waals surface area contributed by atoms with Crippen LogP contribution >= 0.6 is 0 Å². The van der Waals surface area contributed by atoms with E-state index in [2.05, 4.69) is 96.9 Å². The summed E-state index contributed by atoms with van der Waals surface area (Å²) in [6, 6.07) is 0. The summed E-state index contributed by atoms with van der Waals surface area (Å²) < 4.78 is 0. The number of rotatable bonds is 6. The van der Waals surface area contributed by atoms with E-state index in [0.717, 1.165) is 129 Å². The number of fused-ring (bicyclic) bond motifs is 1. The van der Waals surface area contributed by atoms with E-state index >= 15 is 0 Å². The average molecular weight is 779 g/mol. The van der Waals surface area contributed by atoms with Gasteiger partial charge >= 0.3 is 0 Å². The summed E-state index contributed by atoms with van der Waals surface area (Å²) in [6.45, 7) is 40.8. The molecule has 9 fully saturated rings. The lowest BCUT2D eigenvalue weighted by atomic mass is 9.39. The molecule has 2 spiro atoms. The van der Waals surface area contributed by atoms with Crippen molar-refractivity contribution in [2.24, 2.45) is 129 Å². The van der Waals surface area contributed by atoms with Crippen molar-refractivity contribution in [3.8, 4) is 0 Å². The predicted octanol–water partition coefficient (Wildman–Crippen LogP) is 17.9. The minimum absolute atomic E-state index is 0.833. The van der Waals surface area contributed by atoms with Crippen LogP contribution in [0, 0.1) is 129 Å². The maximum atomic E-state index is 2.56. The summed E-state index contributed by atoms with van der Waals surface area (Å²) in [7, 11) is 0. The smallest absolute Gasteiger partial charge is 0.0287 e. The van der Waals surface area contributed by atoms with Gasteiger partial charge < -0.3 is 0 Å². The lowest BCUT2D eigenvalue weighted by molar-refractivity contribution is -0.156. The highest BCUT2D eigenvalue weighted by molar-refractivity contribution is 5.12. The molecule has 0 bridgehead atoms. The van der Waals surface area contributed by atoms with E-state index in [-0.39, 0.29) is 0 Å². The molecular formula is C56H106. The summed E-state index contributed by atoms with van der Waals surface area (Å²) >= 11 is 0. The van der Waals surface area contributed by atoms with Gasteiger partial charge in [0.25, 0.3) is 0 Å². The Balaban J connectivity index is 0.000000201. The zero-order valence-corrected chi connectivity index (χ0v) is 41.9. The van der Waals surface area contributed by atoms with E-state index in [1.165, 1.54) is 12.8 Å². The number of hydrogen-bond acceptors (Lipinski definition) is 0. The molecule has 56 heavy (non-hydrogen) atoms. The van der Waals surface area contributed by atoms with Gasteiger partial charge in [0.15, 0.2) is 0 Å². The standard InChI is InChI=1S/C26H44.C18H30.2C4H10.2C2H6/c1-6-16-10-24-23(13-19-12-21(14(3)4)25(16)26(19)24)18-9-17-8-15(5)20(7-2)22(17)11-18;1-12(2)14-6-18(7-14)10-16(11-18)15-8-17(9-15)4-13(3)5-17;2*1-4(2)3;2*1-2/h14-26H,6-13H2,1-5H3;12-16H,4-11H2,1-3H3;2*4H,1-3H3;2*1-2H3. The lowest BCUT2D eigenvalue weighted by Gasteiger charge is -2.66. The van der Waals surface area contributed by atoms with Gasteiger partial charge in [-0.3, -0.25) is 0 Å². The van der Waals surface area contributed by atoms with Crippen molar-refractivity contribution in [3.05, 3.63) is 0 Å². The van der Waals surface area contributed by atoms with Crippen molar-refractivity contribution in [2.75, 3.05) is 0 Å². The molecule has 0 amide bonds. The van der Waals surface area contributed by atoms with Crippen molar-refractivity contribution in [3.63, 3.8) is 0 Å². The summed E-state index contributed by atoms with van der Waals surface area (Å²) in [5, 5.41) is 0. The molecule has 9 aliphatic carbocycles. The van der Waals surface area contributed by atoms with Gasteiger partial charge in [-0.15, -0.1) is 0 Å². The van der Waals surface area contributed by atoms with Crippen LogP contribution in [0.25, 0.3) is 0 Å². The highest BCUT2D eigenvalue weighted by Crippen LogP contribution is 2.71. The minimum atomic E-state index is 0.833. The molecule has 9 rings (SSSR count). The quantitative estimate of drug-likeness (QED) is 0.252. The van der Waals surface area contributed by atoms with Gasteiger partial charge in [0.2, 0.25) is 0 Å². The molecule has 12 unspecified atom stereocenters. The molecule has 0 aromatic rings. The summed E-state index contributed by atoms with van der Waals surface area (Å²) in [5.74, 6) is 21.2. The van der Waals surface area contributed by atoms with Gasteiger partial charge in [0, 0.05) is 0 Å². The van der Waals surface area contributed by atoms with E-state index in [4.69, 9.17) is 0 Å². The fraction of sp³-hybridized carbons (Fsp3) is 1.00. The van der Waals surface area contributed by atoms with Gasteiger partial charge in [0.1, 0.15) is 0 Å². The Hall–Kier alpha value is 0. The molecule has 0 heterocycles. The minimum Gasteiger partial charge on any atom is -0.0683 e. The van der Waals surface area contributed by atoms with Crippen LogP contribution < -0.4 is 0 Å². The molecule has 0 N–H and O–H groups in total. The Morgan fingerprint density at radius 3 is 1.38 bits per heavy atom. The first-order chi connectivity index (χ1) is 26.5. The lowest BCUT2D eigenvalue weighted by Crippen LogP contribution is -2.56. The molecule has 330 valence electrons. The molecule has 0 aliphatic heterocycles. The molecule has 0 radical (unpaired) electrons. The molecular weight excluding hydrogens is 673 g/mol. The van der Waals surface area contributed by atoms with Crippen LogP contribution in [0.4, 0.5) is 0 Å². The number of hydrogen-bond donors (Lipinski definition) is 0. The van der Waals surface area contributed by atoms with E-state index in [9.17, 15) is 0 Å². The van der Waals surface area contributed by atoms with Crippen LogP contribution in [0.3, 0.4) is 0 Å². The van der Waals surface area contributed by atoms with Gasteiger partial charge in [-0.25, -0.2) is 0 Å². The summed E-state index contributed by atoms with van der Waals surface area (Å²) in [5.41, 5.74) is 1.75. The zero-order valence-electron chi connectivity index (χ0n) is 41.9. The van der Waals surface area contributed by atoms with Crippen molar-refractivity contribution in [1.29, 1.82) is 0 Å². The first kappa shape index (κ1) is 48.7. The van der Waals surface area contributed by atoms with Crippen molar-refractivity contribution < 1.29 is 0 Å². The van der Waals surface area contributed by atoms with Crippen LogP contribution in [0.1, 0.15) is 227 Å². The van der Waals surface area contributed by atoms with Gasteiger partial charge in [-0.2, -0.15) is 0 Å². The largest absolute Gasteiger partial charge is 0.0683 e. The van der Waals surface area contributed by atoms with Crippen molar-refractivity contribution in [2.45, 2.75) is 227 Å². The van der Waals surface area contributed by atoms with E-state index in [1.807, 2.05) is 27.7 Å². The Labute approximate surface area is 355 Å². The van der Waals surface area contributed by atoms with Crippen LogP contribution in [0.15, 0.2) is 0 Å². The molecule has 0 saturated heterocycles. The second-order valence-corrected chi connectivity index (χ2v) is 24.7. The fourth-order valence-electron chi connectivity index (χ4n) is 16.7. The van der Waals surface area contributed by atoms with Crippen molar-refractivity contribution in [1.82, 2.24) is 0 Å². The molecule has 9 aliphatic rings. The Morgan fingerprint density at radius 2 is 0.929 bits per heavy atom.